The lowest BCUT2D eigenvalue weighted by atomic mass is 9.63. The van der Waals surface area contributed by atoms with Crippen molar-refractivity contribution in [3.05, 3.63) is 46.7 Å². The van der Waals surface area contributed by atoms with Crippen LogP contribution in [0.1, 0.15) is 57.6 Å². The van der Waals surface area contributed by atoms with Gasteiger partial charge in [0.25, 0.3) is 0 Å². The Labute approximate surface area is 148 Å². The van der Waals surface area contributed by atoms with Crippen molar-refractivity contribution in [1.82, 2.24) is 0 Å². The first kappa shape index (κ1) is 17.6. The first-order valence-electron chi connectivity index (χ1n) is 8.86. The van der Waals surface area contributed by atoms with Crippen LogP contribution in [-0.4, -0.2) is 22.6 Å². The monoisotopic (exact) mass is 339 g/mol. The summed E-state index contributed by atoms with van der Waals surface area (Å²) in [7, 11) is 0. The maximum atomic E-state index is 12.9. The summed E-state index contributed by atoms with van der Waals surface area (Å²) < 4.78 is 0. The third-order valence-electron chi connectivity index (χ3n) is 5.34. The predicted molar refractivity (Wildman–Crippen MR) is 97.8 cm³/mol. The van der Waals surface area contributed by atoms with Crippen LogP contribution in [0.5, 0.6) is 0 Å². The van der Waals surface area contributed by atoms with E-state index in [0.717, 1.165) is 24.1 Å². The molecule has 2 atom stereocenters. The van der Waals surface area contributed by atoms with E-state index in [2.05, 4.69) is 25.8 Å². The van der Waals surface area contributed by atoms with E-state index < -0.39 is 17.8 Å². The molecule has 0 aromatic heterocycles. The number of carbonyl (C=O) groups is 2. The molecular formula is C21H25NO3. The number of carboxylic acid groups (broad SMARTS) is 1. The fourth-order valence-electron chi connectivity index (χ4n) is 4.19. The summed E-state index contributed by atoms with van der Waals surface area (Å²) in [5.41, 5.74) is 3.58. The maximum Gasteiger partial charge on any atom is 0.334 e. The van der Waals surface area contributed by atoms with Gasteiger partial charge in [0.05, 0.1) is 11.5 Å². The minimum absolute atomic E-state index is 0.103. The van der Waals surface area contributed by atoms with Crippen LogP contribution >= 0.6 is 0 Å². The van der Waals surface area contributed by atoms with Crippen LogP contribution in [-0.2, 0) is 16.0 Å². The second-order valence-electron chi connectivity index (χ2n) is 7.94. The molecule has 4 nitrogen and oxygen atoms in total. The van der Waals surface area contributed by atoms with Crippen molar-refractivity contribution in [2.24, 2.45) is 16.3 Å². The van der Waals surface area contributed by atoms with Crippen LogP contribution in [0.3, 0.4) is 0 Å². The standard InChI is InChI=1S/C21H25NO3/c1-5-13-6-8-14(9-7-13)18-17(20(24)25)12(2)22-15-10-21(3,4)11-16(23)19(15)18/h6-9,18-19H,5,10-11H2,1-4H3,(H,24,25). The minimum Gasteiger partial charge on any atom is -0.478 e. The number of aliphatic carboxylic acids is 1. The quantitative estimate of drug-likeness (QED) is 0.899. The number of Topliss-reactive ketones (excluding diaryl/α,β-unsaturated/α-hetero) is 1. The Morgan fingerprint density at radius 1 is 1.20 bits per heavy atom. The number of allylic oxidation sites excluding steroid dienone is 1. The van der Waals surface area contributed by atoms with Crippen molar-refractivity contribution >= 4 is 17.5 Å². The Balaban J connectivity index is 2.14. The molecule has 1 saturated carbocycles. The molecule has 1 aliphatic carbocycles. The largest absolute Gasteiger partial charge is 0.478 e. The number of rotatable bonds is 3. The highest BCUT2D eigenvalue weighted by Crippen LogP contribution is 2.46. The van der Waals surface area contributed by atoms with E-state index in [4.69, 9.17) is 0 Å². The number of aryl methyl sites for hydroxylation is 1. The Morgan fingerprint density at radius 2 is 1.84 bits per heavy atom. The molecule has 0 radical (unpaired) electrons. The smallest absolute Gasteiger partial charge is 0.334 e. The second-order valence-corrected chi connectivity index (χ2v) is 7.94. The zero-order valence-electron chi connectivity index (χ0n) is 15.3. The normalized spacial score (nSPS) is 25.4. The minimum atomic E-state index is -0.984. The van der Waals surface area contributed by atoms with Crippen LogP contribution in [0.15, 0.2) is 40.5 Å². The molecule has 1 fully saturated rings. The highest BCUT2D eigenvalue weighted by molar-refractivity contribution is 6.12. The van der Waals surface area contributed by atoms with Gasteiger partial charge in [-0.25, -0.2) is 4.79 Å². The number of fused-ring (bicyclic) bond motifs is 1. The summed E-state index contributed by atoms with van der Waals surface area (Å²) in [4.78, 5) is 29.4. The molecule has 1 aromatic rings. The Morgan fingerprint density at radius 3 is 2.40 bits per heavy atom. The topological polar surface area (TPSA) is 66.7 Å². The summed E-state index contributed by atoms with van der Waals surface area (Å²) in [6.07, 6.45) is 2.12. The van der Waals surface area contributed by atoms with E-state index in [1.807, 2.05) is 24.3 Å². The maximum absolute atomic E-state index is 12.9. The summed E-state index contributed by atoms with van der Waals surface area (Å²) >= 11 is 0. The lowest BCUT2D eigenvalue weighted by Gasteiger charge is -2.40. The molecule has 25 heavy (non-hydrogen) atoms. The van der Waals surface area contributed by atoms with Gasteiger partial charge in [-0.3, -0.25) is 9.79 Å². The number of carboxylic acids is 1. The summed E-state index contributed by atoms with van der Waals surface area (Å²) in [6, 6.07) is 7.98. The number of benzene rings is 1. The molecule has 2 aliphatic rings. The zero-order chi connectivity index (χ0) is 18.4. The van der Waals surface area contributed by atoms with Crippen molar-refractivity contribution in [1.29, 1.82) is 0 Å². The molecule has 0 saturated heterocycles. The fourth-order valence-corrected chi connectivity index (χ4v) is 4.19. The summed E-state index contributed by atoms with van der Waals surface area (Å²) in [5.74, 6) is -1.77. The highest BCUT2D eigenvalue weighted by atomic mass is 16.4. The average molecular weight is 339 g/mol. The molecule has 1 aromatic carbocycles. The summed E-state index contributed by atoms with van der Waals surface area (Å²) in [5, 5.41) is 9.78. The lowest BCUT2D eigenvalue weighted by molar-refractivity contribution is -0.133. The molecule has 4 heteroatoms. The van der Waals surface area contributed by atoms with Gasteiger partial charge in [-0.05, 0) is 36.3 Å². The van der Waals surface area contributed by atoms with Crippen LogP contribution in [0.2, 0.25) is 0 Å². The molecule has 3 rings (SSSR count). The number of hydrogen-bond acceptors (Lipinski definition) is 3. The molecule has 1 heterocycles. The van der Waals surface area contributed by atoms with E-state index in [9.17, 15) is 14.7 Å². The second kappa shape index (κ2) is 6.25. The number of ketones is 1. The third-order valence-corrected chi connectivity index (χ3v) is 5.34. The van der Waals surface area contributed by atoms with Gasteiger partial charge in [0.2, 0.25) is 0 Å². The van der Waals surface area contributed by atoms with Crippen LogP contribution in [0.25, 0.3) is 0 Å². The van der Waals surface area contributed by atoms with Crippen molar-refractivity contribution in [3.8, 4) is 0 Å². The summed E-state index contributed by atoms with van der Waals surface area (Å²) in [6.45, 7) is 7.97. The van der Waals surface area contributed by atoms with Gasteiger partial charge >= 0.3 is 5.97 Å². The van der Waals surface area contributed by atoms with E-state index in [0.29, 0.717) is 12.1 Å². The van der Waals surface area contributed by atoms with Crippen molar-refractivity contribution in [3.63, 3.8) is 0 Å². The molecule has 0 amide bonds. The van der Waals surface area contributed by atoms with Crippen LogP contribution in [0.4, 0.5) is 0 Å². The molecular weight excluding hydrogens is 314 g/mol. The van der Waals surface area contributed by atoms with E-state index in [1.54, 1.807) is 6.92 Å². The average Bonchev–Trinajstić information content (AvgIpc) is 2.52. The van der Waals surface area contributed by atoms with Crippen molar-refractivity contribution < 1.29 is 14.7 Å². The third kappa shape index (κ3) is 3.17. The Hall–Kier alpha value is -2.23. The molecule has 1 aliphatic heterocycles. The first-order valence-corrected chi connectivity index (χ1v) is 8.86. The highest BCUT2D eigenvalue weighted by Gasteiger charge is 2.47. The van der Waals surface area contributed by atoms with Gasteiger partial charge in [0.15, 0.2) is 0 Å². The van der Waals surface area contributed by atoms with E-state index >= 15 is 0 Å². The Bertz CT molecular complexity index is 784. The van der Waals surface area contributed by atoms with Gasteiger partial charge in [-0.1, -0.05) is 45.0 Å². The van der Waals surface area contributed by atoms with Crippen LogP contribution < -0.4 is 0 Å². The molecule has 2 unspecified atom stereocenters. The van der Waals surface area contributed by atoms with Gasteiger partial charge in [0.1, 0.15) is 5.78 Å². The molecule has 0 bridgehead atoms. The molecule has 0 spiro atoms. The molecule has 1 N–H and O–H groups in total. The predicted octanol–water partition coefficient (Wildman–Crippen LogP) is 4.15. The zero-order valence-corrected chi connectivity index (χ0v) is 15.3. The van der Waals surface area contributed by atoms with E-state index in [-0.39, 0.29) is 16.8 Å². The van der Waals surface area contributed by atoms with Gasteiger partial charge in [-0.2, -0.15) is 0 Å². The molecule has 132 valence electrons. The number of carbonyl (C=O) groups excluding carboxylic acids is 1. The lowest BCUT2D eigenvalue weighted by Crippen LogP contribution is -2.43. The fraction of sp³-hybridized carbons (Fsp3) is 0.476. The van der Waals surface area contributed by atoms with E-state index in [1.165, 1.54) is 5.56 Å². The SMILES string of the molecule is CCc1ccc(C2C(C(=O)O)=C(C)N=C3CC(C)(C)CC(=O)C32)cc1. The van der Waals surface area contributed by atoms with Gasteiger partial charge < -0.3 is 5.11 Å². The van der Waals surface area contributed by atoms with Gasteiger partial charge in [-0.15, -0.1) is 0 Å². The number of nitrogens with zero attached hydrogens (tertiary/aromatic N) is 1. The van der Waals surface area contributed by atoms with Crippen molar-refractivity contribution in [2.45, 2.75) is 52.9 Å². The number of aliphatic imine (C=N–C) groups is 1. The van der Waals surface area contributed by atoms with Crippen LogP contribution in [0, 0.1) is 11.3 Å². The number of hydrogen-bond donors (Lipinski definition) is 1. The van der Waals surface area contributed by atoms with Crippen molar-refractivity contribution in [2.75, 3.05) is 0 Å². The van der Waals surface area contributed by atoms with Gasteiger partial charge in [0, 0.05) is 23.7 Å². The first-order chi connectivity index (χ1) is 11.7. The Kier molecular flexibility index (Phi) is 4.40.